The molecule has 1 aliphatic rings. The summed E-state index contributed by atoms with van der Waals surface area (Å²) in [7, 11) is 1.94. The van der Waals surface area contributed by atoms with Gasteiger partial charge in [0.15, 0.2) is 0 Å². The van der Waals surface area contributed by atoms with Crippen LogP contribution in [0.1, 0.15) is 25.0 Å². The van der Waals surface area contributed by atoms with Crippen LogP contribution >= 0.6 is 0 Å². The molecule has 22 heavy (non-hydrogen) atoms. The van der Waals surface area contributed by atoms with Crippen LogP contribution in [0, 0.1) is 0 Å². The molecular formula is C15H23N7. The Morgan fingerprint density at radius 1 is 1.27 bits per heavy atom. The fourth-order valence-electron chi connectivity index (χ4n) is 2.87. The van der Waals surface area contributed by atoms with Gasteiger partial charge in [-0.2, -0.15) is 0 Å². The van der Waals surface area contributed by atoms with Crippen LogP contribution in [-0.4, -0.2) is 44.0 Å². The molecule has 3 rings (SSSR count). The quantitative estimate of drug-likeness (QED) is 0.884. The number of likely N-dealkylation sites (tertiary alicyclic amines) is 1. The Morgan fingerprint density at radius 2 is 2.18 bits per heavy atom. The molecule has 0 spiro atoms. The molecule has 0 amide bonds. The number of hydrogen-bond donors (Lipinski definition) is 2. The fraction of sp³-hybridized carbons (Fsp3) is 0.533. The third kappa shape index (κ3) is 3.73. The van der Waals surface area contributed by atoms with E-state index in [9.17, 15) is 0 Å². The van der Waals surface area contributed by atoms with E-state index in [2.05, 4.69) is 25.5 Å². The van der Waals surface area contributed by atoms with Crippen molar-refractivity contribution in [3.63, 3.8) is 0 Å². The van der Waals surface area contributed by atoms with Crippen molar-refractivity contribution in [3.8, 4) is 0 Å². The van der Waals surface area contributed by atoms with Gasteiger partial charge in [0.1, 0.15) is 5.82 Å². The molecule has 7 heteroatoms. The summed E-state index contributed by atoms with van der Waals surface area (Å²) in [4.78, 5) is 6.60. The fourth-order valence-corrected chi connectivity index (χ4v) is 2.87. The Bertz CT molecular complexity index is 592. The molecule has 7 nitrogen and oxygen atoms in total. The van der Waals surface area contributed by atoms with Crippen LogP contribution in [-0.2, 0) is 13.6 Å². The number of anilines is 2. The standard InChI is InChI=1S/C15H23N7/c1-21-14(10-18-20-21)11-22-7-2-3-12(6-8-22)19-13-4-5-15(16)17-9-13/h4-5,9-10,12,19H,2-3,6-8,11H2,1H3,(H2,16,17)/t12-/m1/s1. The predicted molar refractivity (Wildman–Crippen MR) is 86.2 cm³/mol. The molecule has 2 aromatic rings. The first kappa shape index (κ1) is 14.8. The van der Waals surface area contributed by atoms with E-state index in [4.69, 9.17) is 5.73 Å². The molecule has 0 bridgehead atoms. The topological polar surface area (TPSA) is 84.9 Å². The van der Waals surface area contributed by atoms with Gasteiger partial charge in [-0.15, -0.1) is 5.10 Å². The van der Waals surface area contributed by atoms with Crippen LogP contribution in [0.5, 0.6) is 0 Å². The minimum absolute atomic E-state index is 0.486. The maximum Gasteiger partial charge on any atom is 0.123 e. The van der Waals surface area contributed by atoms with Crippen molar-refractivity contribution in [1.29, 1.82) is 0 Å². The zero-order valence-corrected chi connectivity index (χ0v) is 12.9. The molecule has 2 aromatic heterocycles. The van der Waals surface area contributed by atoms with Crippen LogP contribution in [0.2, 0.25) is 0 Å². The Morgan fingerprint density at radius 3 is 2.91 bits per heavy atom. The number of hydrogen-bond acceptors (Lipinski definition) is 6. The molecule has 0 saturated carbocycles. The minimum Gasteiger partial charge on any atom is -0.384 e. The Hall–Kier alpha value is -2.15. The second kappa shape index (κ2) is 6.74. The van der Waals surface area contributed by atoms with Crippen molar-refractivity contribution < 1.29 is 0 Å². The molecule has 0 unspecified atom stereocenters. The molecule has 1 aliphatic heterocycles. The van der Waals surface area contributed by atoms with E-state index in [1.165, 1.54) is 12.8 Å². The van der Waals surface area contributed by atoms with Gasteiger partial charge in [0, 0.05) is 26.2 Å². The maximum absolute atomic E-state index is 5.62. The zero-order chi connectivity index (χ0) is 15.4. The van der Waals surface area contributed by atoms with Gasteiger partial charge in [0.05, 0.1) is 23.8 Å². The van der Waals surface area contributed by atoms with Crippen LogP contribution < -0.4 is 11.1 Å². The van der Waals surface area contributed by atoms with Crippen LogP contribution in [0.25, 0.3) is 0 Å². The van der Waals surface area contributed by atoms with E-state index in [-0.39, 0.29) is 0 Å². The van der Waals surface area contributed by atoms with Crippen molar-refractivity contribution in [2.24, 2.45) is 7.05 Å². The average Bonchev–Trinajstić information content (AvgIpc) is 2.78. The highest BCUT2D eigenvalue weighted by atomic mass is 15.4. The number of rotatable bonds is 4. The number of pyridine rings is 1. The molecule has 1 fully saturated rings. The van der Waals surface area contributed by atoms with Crippen molar-refractivity contribution in [1.82, 2.24) is 24.9 Å². The lowest BCUT2D eigenvalue weighted by molar-refractivity contribution is 0.269. The van der Waals surface area contributed by atoms with Crippen LogP contribution in [0.3, 0.4) is 0 Å². The number of aryl methyl sites for hydroxylation is 1. The lowest BCUT2D eigenvalue weighted by Gasteiger charge is -2.20. The molecule has 0 aliphatic carbocycles. The summed E-state index contributed by atoms with van der Waals surface area (Å²) in [5, 5.41) is 11.5. The number of nitrogen functional groups attached to an aromatic ring is 1. The summed E-state index contributed by atoms with van der Waals surface area (Å²) in [5.41, 5.74) is 7.83. The highest BCUT2D eigenvalue weighted by Gasteiger charge is 2.18. The summed E-state index contributed by atoms with van der Waals surface area (Å²) >= 11 is 0. The Balaban J connectivity index is 1.53. The van der Waals surface area contributed by atoms with Gasteiger partial charge in [-0.1, -0.05) is 5.21 Å². The summed E-state index contributed by atoms with van der Waals surface area (Å²) in [6, 6.07) is 4.31. The highest BCUT2D eigenvalue weighted by molar-refractivity contribution is 5.45. The molecule has 1 saturated heterocycles. The van der Waals surface area contributed by atoms with E-state index >= 15 is 0 Å². The summed E-state index contributed by atoms with van der Waals surface area (Å²) in [6.45, 7) is 3.11. The van der Waals surface area contributed by atoms with E-state index in [0.717, 1.165) is 37.4 Å². The van der Waals surface area contributed by atoms with E-state index in [1.54, 1.807) is 6.20 Å². The zero-order valence-electron chi connectivity index (χ0n) is 12.9. The number of nitrogens with one attached hydrogen (secondary N) is 1. The monoisotopic (exact) mass is 301 g/mol. The van der Waals surface area contributed by atoms with Gasteiger partial charge in [0.2, 0.25) is 0 Å². The van der Waals surface area contributed by atoms with E-state index in [1.807, 2.05) is 30.1 Å². The van der Waals surface area contributed by atoms with Crippen molar-refractivity contribution in [2.75, 3.05) is 24.1 Å². The van der Waals surface area contributed by atoms with Gasteiger partial charge in [-0.05, 0) is 37.9 Å². The second-order valence-corrected chi connectivity index (χ2v) is 5.87. The average molecular weight is 301 g/mol. The van der Waals surface area contributed by atoms with Gasteiger partial charge < -0.3 is 11.1 Å². The van der Waals surface area contributed by atoms with E-state index in [0.29, 0.717) is 11.9 Å². The van der Waals surface area contributed by atoms with Crippen LogP contribution in [0.15, 0.2) is 24.5 Å². The molecule has 118 valence electrons. The third-order valence-electron chi connectivity index (χ3n) is 4.17. The maximum atomic E-state index is 5.62. The van der Waals surface area contributed by atoms with Crippen molar-refractivity contribution in [3.05, 3.63) is 30.2 Å². The lowest BCUT2D eigenvalue weighted by atomic mass is 10.1. The first-order chi connectivity index (χ1) is 10.7. The first-order valence-corrected chi connectivity index (χ1v) is 7.74. The summed E-state index contributed by atoms with van der Waals surface area (Å²) < 4.78 is 1.85. The first-order valence-electron chi connectivity index (χ1n) is 7.74. The largest absolute Gasteiger partial charge is 0.384 e. The smallest absolute Gasteiger partial charge is 0.123 e. The SMILES string of the molecule is Cn1nncc1CN1CCC[C@@H](Nc2ccc(N)nc2)CC1. The molecule has 3 heterocycles. The second-order valence-electron chi connectivity index (χ2n) is 5.87. The third-order valence-corrected chi connectivity index (χ3v) is 4.17. The normalized spacial score (nSPS) is 19.8. The number of nitrogens with two attached hydrogens (primary N) is 1. The molecular weight excluding hydrogens is 278 g/mol. The Kier molecular flexibility index (Phi) is 4.53. The molecule has 1 atom stereocenters. The van der Waals surface area contributed by atoms with E-state index < -0.39 is 0 Å². The van der Waals surface area contributed by atoms with Crippen LogP contribution in [0.4, 0.5) is 11.5 Å². The number of nitrogens with zero attached hydrogens (tertiary/aromatic N) is 5. The lowest BCUT2D eigenvalue weighted by Crippen LogP contribution is -2.27. The predicted octanol–water partition coefficient (Wildman–Crippen LogP) is 1.26. The summed E-state index contributed by atoms with van der Waals surface area (Å²) in [5.74, 6) is 0.558. The minimum atomic E-state index is 0.486. The summed E-state index contributed by atoms with van der Waals surface area (Å²) in [6.07, 6.45) is 7.13. The van der Waals surface area contributed by atoms with Gasteiger partial charge >= 0.3 is 0 Å². The molecule has 0 aromatic carbocycles. The van der Waals surface area contributed by atoms with Gasteiger partial charge in [-0.3, -0.25) is 9.58 Å². The van der Waals surface area contributed by atoms with Crippen molar-refractivity contribution >= 4 is 11.5 Å². The highest BCUT2D eigenvalue weighted by Crippen LogP contribution is 2.18. The Labute approximate surface area is 130 Å². The van der Waals surface area contributed by atoms with Gasteiger partial charge in [0.25, 0.3) is 0 Å². The molecule has 0 radical (unpaired) electrons. The number of aromatic nitrogens is 4. The van der Waals surface area contributed by atoms with Crippen molar-refractivity contribution in [2.45, 2.75) is 31.8 Å². The van der Waals surface area contributed by atoms with Gasteiger partial charge in [-0.25, -0.2) is 4.98 Å². The molecule has 3 N–H and O–H groups in total.